The number of hydrogen-bond donors (Lipinski definition) is 2. The van der Waals surface area contributed by atoms with Gasteiger partial charge in [-0.3, -0.25) is 9.59 Å². The number of likely N-dealkylation sites (tertiary alicyclic amines) is 1. The van der Waals surface area contributed by atoms with Crippen LogP contribution in [0.2, 0.25) is 0 Å². The van der Waals surface area contributed by atoms with E-state index in [-0.39, 0.29) is 37.7 Å². The smallest absolute Gasteiger partial charge is 0.227 e. The number of imidazole rings is 1. The fourth-order valence-corrected chi connectivity index (χ4v) is 4.88. The molecular formula is C28H32F2N4O3. The number of primary amides is 1. The highest BCUT2D eigenvalue weighted by Gasteiger charge is 2.50. The third-order valence-electron chi connectivity index (χ3n) is 6.96. The average molecular weight is 511 g/mol. The normalized spacial score (nSPS) is 16.1. The number of nitrogens with two attached hydrogens (primary N) is 1. The first-order valence-electron chi connectivity index (χ1n) is 12.5. The number of nitrogens with zero attached hydrogens (tertiary/aromatic N) is 2. The highest BCUT2D eigenvalue weighted by molar-refractivity contribution is 5.88. The van der Waals surface area contributed by atoms with Gasteiger partial charge in [-0.2, -0.15) is 0 Å². The number of carbonyl (C=O) groups excluding carboxylic acids is 2. The van der Waals surface area contributed by atoms with Gasteiger partial charge in [0, 0.05) is 24.9 Å². The minimum atomic E-state index is -0.835. The van der Waals surface area contributed by atoms with E-state index in [0.717, 1.165) is 18.4 Å². The molecule has 0 spiro atoms. The molecule has 1 aliphatic heterocycles. The van der Waals surface area contributed by atoms with Gasteiger partial charge in [-0.05, 0) is 48.2 Å². The van der Waals surface area contributed by atoms with E-state index in [0.29, 0.717) is 17.9 Å². The molecule has 1 unspecified atom stereocenters. The highest BCUT2D eigenvalue weighted by Crippen LogP contribution is 2.38. The van der Waals surface area contributed by atoms with Gasteiger partial charge in [-0.25, -0.2) is 13.8 Å². The molecule has 1 saturated heterocycles. The zero-order valence-electron chi connectivity index (χ0n) is 20.8. The molecule has 3 N–H and O–H groups in total. The highest BCUT2D eigenvalue weighted by atomic mass is 19.1. The number of ether oxygens (including phenoxy) is 1. The van der Waals surface area contributed by atoms with E-state index < -0.39 is 29.2 Å². The van der Waals surface area contributed by atoms with Gasteiger partial charge in [0.05, 0.1) is 31.3 Å². The minimum absolute atomic E-state index is 0.148. The molecule has 7 nitrogen and oxygen atoms in total. The maximum Gasteiger partial charge on any atom is 0.227 e. The molecule has 2 atom stereocenters. The number of benzene rings is 2. The van der Waals surface area contributed by atoms with Gasteiger partial charge < -0.3 is 20.4 Å². The Morgan fingerprint density at radius 3 is 2.49 bits per heavy atom. The lowest BCUT2D eigenvalue weighted by Crippen LogP contribution is -2.64. The van der Waals surface area contributed by atoms with E-state index in [2.05, 4.69) is 16.9 Å². The van der Waals surface area contributed by atoms with Crippen LogP contribution < -0.4 is 5.73 Å². The van der Waals surface area contributed by atoms with Gasteiger partial charge in [0.1, 0.15) is 17.2 Å². The van der Waals surface area contributed by atoms with Crippen molar-refractivity contribution in [1.82, 2.24) is 14.9 Å². The number of unbranched alkanes of at least 4 members (excludes halogenated alkanes) is 1. The van der Waals surface area contributed by atoms with Crippen molar-refractivity contribution in [3.63, 3.8) is 0 Å². The Morgan fingerprint density at radius 2 is 1.86 bits per heavy atom. The molecule has 0 saturated carbocycles. The van der Waals surface area contributed by atoms with Crippen molar-refractivity contribution in [3.8, 4) is 0 Å². The Kier molecular flexibility index (Phi) is 8.33. The predicted octanol–water partition coefficient (Wildman–Crippen LogP) is 3.75. The van der Waals surface area contributed by atoms with Crippen LogP contribution in [-0.2, 0) is 32.8 Å². The fourth-order valence-electron chi connectivity index (χ4n) is 4.88. The first kappa shape index (κ1) is 26.5. The standard InChI is InChI=1S/C28H32F2N4O3/c1-2-3-11-37-28(20-7-9-21(29)10-8-20)16-34(17-28)27(36)25(13-19-5-4-6-22(30)12-19)24(26(31)35)14-23-15-32-18-33-23/h4-10,12,15,18,24-25H,2-3,11,13-14,16-17H2,1H3,(H2,31,35)(H,32,33)/t24?,25-/m1/s1. The number of hydrogen-bond acceptors (Lipinski definition) is 4. The minimum Gasteiger partial charge on any atom is -0.369 e. The summed E-state index contributed by atoms with van der Waals surface area (Å²) in [5.74, 6) is -3.30. The Balaban J connectivity index is 1.59. The van der Waals surface area contributed by atoms with E-state index in [4.69, 9.17) is 10.5 Å². The number of H-pyrrole nitrogens is 1. The summed E-state index contributed by atoms with van der Waals surface area (Å²) >= 11 is 0. The number of rotatable bonds is 12. The summed E-state index contributed by atoms with van der Waals surface area (Å²) < 4.78 is 33.8. The maximum absolute atomic E-state index is 13.9. The molecule has 4 rings (SSSR count). The molecule has 37 heavy (non-hydrogen) atoms. The van der Waals surface area contributed by atoms with Crippen molar-refractivity contribution >= 4 is 11.8 Å². The summed E-state index contributed by atoms with van der Waals surface area (Å²) in [6.07, 6.45) is 5.24. The van der Waals surface area contributed by atoms with Crippen molar-refractivity contribution in [1.29, 1.82) is 0 Å². The van der Waals surface area contributed by atoms with Crippen LogP contribution >= 0.6 is 0 Å². The van der Waals surface area contributed by atoms with Crippen molar-refractivity contribution in [2.75, 3.05) is 19.7 Å². The Morgan fingerprint density at radius 1 is 1.11 bits per heavy atom. The number of halogens is 2. The van der Waals surface area contributed by atoms with Crippen molar-refractivity contribution in [2.45, 2.75) is 38.2 Å². The quantitative estimate of drug-likeness (QED) is 0.363. The lowest BCUT2D eigenvalue weighted by atomic mass is 9.79. The SMILES string of the molecule is CCCCOC1(c2ccc(F)cc2)CN(C(=O)[C@H](Cc2cccc(F)c2)C(Cc2cnc[nH]2)C(N)=O)C1. The molecule has 1 aliphatic rings. The van der Waals surface area contributed by atoms with E-state index in [1.807, 2.05) is 0 Å². The molecule has 2 aromatic carbocycles. The average Bonchev–Trinajstić information content (AvgIpc) is 3.36. The zero-order chi connectivity index (χ0) is 26.4. The van der Waals surface area contributed by atoms with Crippen LogP contribution in [0.3, 0.4) is 0 Å². The molecule has 0 aliphatic carbocycles. The maximum atomic E-state index is 13.9. The molecule has 0 radical (unpaired) electrons. The number of aromatic nitrogens is 2. The number of nitrogens with one attached hydrogen (secondary N) is 1. The van der Waals surface area contributed by atoms with Crippen LogP contribution in [0.4, 0.5) is 8.78 Å². The van der Waals surface area contributed by atoms with Crippen LogP contribution in [0.25, 0.3) is 0 Å². The number of carbonyl (C=O) groups is 2. The summed E-state index contributed by atoms with van der Waals surface area (Å²) in [5, 5.41) is 0. The summed E-state index contributed by atoms with van der Waals surface area (Å²) in [4.78, 5) is 35.1. The van der Waals surface area contributed by atoms with Gasteiger partial charge >= 0.3 is 0 Å². The Bertz CT molecular complexity index is 1190. The number of amides is 2. The van der Waals surface area contributed by atoms with Crippen LogP contribution in [0.1, 0.15) is 36.6 Å². The summed E-state index contributed by atoms with van der Waals surface area (Å²) in [7, 11) is 0. The lowest BCUT2D eigenvalue weighted by Gasteiger charge is -2.51. The molecule has 2 heterocycles. The molecule has 2 amide bonds. The molecule has 9 heteroatoms. The first-order valence-corrected chi connectivity index (χ1v) is 12.5. The fraction of sp³-hybridized carbons (Fsp3) is 0.393. The topological polar surface area (TPSA) is 101 Å². The first-order chi connectivity index (χ1) is 17.8. The second-order valence-corrected chi connectivity index (χ2v) is 9.63. The van der Waals surface area contributed by atoms with Crippen LogP contribution in [0.15, 0.2) is 61.1 Å². The summed E-state index contributed by atoms with van der Waals surface area (Å²) in [5.41, 5.74) is 7.10. The van der Waals surface area contributed by atoms with Gasteiger partial charge in [0.25, 0.3) is 0 Å². The van der Waals surface area contributed by atoms with Gasteiger partial charge in [0.15, 0.2) is 0 Å². The van der Waals surface area contributed by atoms with E-state index in [9.17, 15) is 18.4 Å². The third-order valence-corrected chi connectivity index (χ3v) is 6.96. The molecule has 196 valence electrons. The van der Waals surface area contributed by atoms with Crippen molar-refractivity contribution < 1.29 is 23.1 Å². The Labute approximate surface area is 215 Å². The van der Waals surface area contributed by atoms with Gasteiger partial charge in [-0.15, -0.1) is 0 Å². The van der Waals surface area contributed by atoms with Gasteiger partial charge in [0.2, 0.25) is 11.8 Å². The molecule has 3 aromatic rings. The second kappa shape index (κ2) is 11.6. The third kappa shape index (κ3) is 6.22. The van der Waals surface area contributed by atoms with Crippen LogP contribution in [0, 0.1) is 23.5 Å². The summed E-state index contributed by atoms with van der Waals surface area (Å²) in [6.45, 7) is 3.09. The molecular weight excluding hydrogens is 478 g/mol. The zero-order valence-corrected chi connectivity index (χ0v) is 20.8. The van der Waals surface area contributed by atoms with Gasteiger partial charge in [-0.1, -0.05) is 37.6 Å². The molecule has 0 bridgehead atoms. The predicted molar refractivity (Wildman–Crippen MR) is 134 cm³/mol. The second-order valence-electron chi connectivity index (χ2n) is 9.63. The van der Waals surface area contributed by atoms with Crippen molar-refractivity contribution in [2.24, 2.45) is 17.6 Å². The van der Waals surface area contributed by atoms with E-state index >= 15 is 0 Å². The van der Waals surface area contributed by atoms with Crippen molar-refractivity contribution in [3.05, 3.63) is 89.5 Å². The molecule has 1 aromatic heterocycles. The number of aromatic amines is 1. The monoisotopic (exact) mass is 510 g/mol. The lowest BCUT2D eigenvalue weighted by molar-refractivity contribution is -0.178. The Hall–Kier alpha value is -3.59. The van der Waals surface area contributed by atoms with Crippen LogP contribution in [-0.4, -0.2) is 46.4 Å². The summed E-state index contributed by atoms with van der Waals surface area (Å²) in [6, 6.07) is 12.1. The van der Waals surface area contributed by atoms with E-state index in [1.54, 1.807) is 35.4 Å². The van der Waals surface area contributed by atoms with Crippen LogP contribution in [0.5, 0.6) is 0 Å². The van der Waals surface area contributed by atoms with E-state index in [1.165, 1.54) is 30.6 Å². The largest absolute Gasteiger partial charge is 0.369 e. The molecule has 1 fully saturated rings.